The van der Waals surface area contributed by atoms with Crippen molar-refractivity contribution in [1.82, 2.24) is 0 Å². The van der Waals surface area contributed by atoms with E-state index in [0.717, 1.165) is 5.56 Å². The molecule has 0 spiro atoms. The highest BCUT2D eigenvalue weighted by Crippen LogP contribution is 2.17. The largest absolute Gasteiger partial charge is 0.184 e. The van der Waals surface area contributed by atoms with E-state index >= 15 is 0 Å². The Morgan fingerprint density at radius 3 is 1.76 bits per heavy atom. The van der Waals surface area contributed by atoms with Crippen LogP contribution in [0.3, 0.4) is 0 Å². The zero-order chi connectivity index (χ0) is 16.9. The van der Waals surface area contributed by atoms with Crippen LogP contribution in [0, 0.1) is 11.5 Å². The first-order valence-electron chi connectivity index (χ1n) is 8.51. The van der Waals surface area contributed by atoms with E-state index in [1.54, 1.807) is 0 Å². The third-order valence-electron chi connectivity index (χ3n) is 4.41. The van der Waals surface area contributed by atoms with Crippen LogP contribution in [0.4, 0.5) is 0 Å². The fourth-order valence-electron chi connectivity index (χ4n) is 3.13. The lowest BCUT2D eigenvalue weighted by molar-refractivity contribution is 1.70. The van der Waals surface area contributed by atoms with Crippen LogP contribution in [0.2, 0.25) is 0 Å². The maximum Gasteiger partial charge on any atom is 0.184 e. The second-order valence-corrected chi connectivity index (χ2v) is 8.54. The Labute approximate surface area is 150 Å². The summed E-state index contributed by atoms with van der Waals surface area (Å²) in [6, 6.07) is 36.2. The van der Waals surface area contributed by atoms with E-state index in [9.17, 15) is 0 Å². The average molecular weight is 334 g/mol. The quantitative estimate of drug-likeness (QED) is 0.387. The SMILES string of the molecule is C(#C[SiH](c1ccccc1)c1ccccc1)c1cccc2ccccc12. The summed E-state index contributed by atoms with van der Waals surface area (Å²) in [5, 5.41) is 5.20. The van der Waals surface area contributed by atoms with Crippen molar-refractivity contribution >= 4 is 29.9 Å². The van der Waals surface area contributed by atoms with Crippen molar-refractivity contribution in [2.24, 2.45) is 0 Å². The van der Waals surface area contributed by atoms with Crippen LogP contribution in [0.1, 0.15) is 5.56 Å². The molecule has 0 radical (unpaired) electrons. The summed E-state index contributed by atoms with van der Waals surface area (Å²) in [7, 11) is -1.56. The van der Waals surface area contributed by atoms with Crippen LogP contribution >= 0.6 is 0 Å². The molecule has 25 heavy (non-hydrogen) atoms. The van der Waals surface area contributed by atoms with Crippen molar-refractivity contribution in [3.63, 3.8) is 0 Å². The molecule has 0 aliphatic carbocycles. The summed E-state index contributed by atoms with van der Waals surface area (Å²) < 4.78 is 0. The highest BCUT2D eigenvalue weighted by Gasteiger charge is 2.13. The van der Waals surface area contributed by atoms with Gasteiger partial charge in [0, 0.05) is 5.56 Å². The van der Waals surface area contributed by atoms with E-state index in [1.165, 1.54) is 21.1 Å². The van der Waals surface area contributed by atoms with E-state index in [2.05, 4.69) is 115 Å². The van der Waals surface area contributed by atoms with Crippen LogP contribution in [-0.2, 0) is 0 Å². The Bertz CT molecular complexity index is 996. The Balaban J connectivity index is 1.81. The number of hydrogen-bond donors (Lipinski definition) is 0. The average Bonchev–Trinajstić information content (AvgIpc) is 2.70. The molecule has 0 fully saturated rings. The zero-order valence-corrected chi connectivity index (χ0v) is 15.0. The molecule has 4 aromatic carbocycles. The van der Waals surface area contributed by atoms with E-state index < -0.39 is 8.80 Å². The van der Waals surface area contributed by atoms with Gasteiger partial charge in [-0.15, -0.1) is 5.54 Å². The summed E-state index contributed by atoms with van der Waals surface area (Å²) >= 11 is 0. The number of rotatable bonds is 2. The minimum Gasteiger partial charge on any atom is -0.119 e. The van der Waals surface area contributed by atoms with Gasteiger partial charge in [-0.25, -0.2) is 0 Å². The molecule has 0 N–H and O–H groups in total. The fourth-order valence-corrected chi connectivity index (χ4v) is 5.37. The van der Waals surface area contributed by atoms with E-state index in [4.69, 9.17) is 0 Å². The van der Waals surface area contributed by atoms with Crippen LogP contribution in [0.5, 0.6) is 0 Å². The Morgan fingerprint density at radius 1 is 0.520 bits per heavy atom. The second-order valence-electron chi connectivity index (χ2n) is 6.05. The Morgan fingerprint density at radius 2 is 1.08 bits per heavy atom. The molecule has 0 aliphatic heterocycles. The van der Waals surface area contributed by atoms with Crippen LogP contribution in [0.25, 0.3) is 10.8 Å². The predicted molar refractivity (Wildman–Crippen MR) is 110 cm³/mol. The molecule has 4 aromatic rings. The molecule has 4 rings (SSSR count). The highest BCUT2D eigenvalue weighted by atomic mass is 28.3. The summed E-state index contributed by atoms with van der Waals surface area (Å²) in [6.07, 6.45) is 0. The summed E-state index contributed by atoms with van der Waals surface area (Å²) in [4.78, 5) is 0. The molecule has 0 unspecified atom stereocenters. The third kappa shape index (κ3) is 3.40. The number of benzene rings is 4. The second kappa shape index (κ2) is 7.21. The van der Waals surface area contributed by atoms with Crippen molar-refractivity contribution in [2.45, 2.75) is 0 Å². The summed E-state index contributed by atoms with van der Waals surface area (Å²) in [5.41, 5.74) is 4.76. The van der Waals surface area contributed by atoms with Crippen LogP contribution in [-0.4, -0.2) is 8.80 Å². The summed E-state index contributed by atoms with van der Waals surface area (Å²) in [6.45, 7) is 0. The molecule has 0 saturated heterocycles. The maximum atomic E-state index is 3.65. The van der Waals surface area contributed by atoms with Gasteiger partial charge in [-0.05, 0) is 27.2 Å². The smallest absolute Gasteiger partial charge is 0.119 e. The van der Waals surface area contributed by atoms with Gasteiger partial charge in [-0.3, -0.25) is 0 Å². The van der Waals surface area contributed by atoms with Gasteiger partial charge in [0.1, 0.15) is 0 Å². The van der Waals surface area contributed by atoms with Gasteiger partial charge < -0.3 is 0 Å². The van der Waals surface area contributed by atoms with Crippen LogP contribution in [0.15, 0.2) is 103 Å². The topological polar surface area (TPSA) is 0 Å². The minimum absolute atomic E-state index is 1.11. The first kappa shape index (κ1) is 15.4. The summed E-state index contributed by atoms with van der Waals surface area (Å²) in [5.74, 6) is 3.50. The van der Waals surface area contributed by atoms with E-state index in [1.807, 2.05) is 0 Å². The molecular formula is C24H18Si. The molecule has 0 aromatic heterocycles. The molecule has 0 bridgehead atoms. The molecule has 0 amide bonds. The van der Waals surface area contributed by atoms with Crippen molar-refractivity contribution in [3.8, 4) is 11.5 Å². The Kier molecular flexibility index (Phi) is 4.46. The van der Waals surface area contributed by atoms with E-state index in [-0.39, 0.29) is 0 Å². The zero-order valence-electron chi connectivity index (χ0n) is 13.9. The number of fused-ring (bicyclic) bond motifs is 1. The Hall–Kier alpha value is -3.08. The monoisotopic (exact) mass is 334 g/mol. The van der Waals surface area contributed by atoms with Crippen molar-refractivity contribution in [1.29, 1.82) is 0 Å². The fraction of sp³-hybridized carbons (Fsp3) is 0. The highest BCUT2D eigenvalue weighted by molar-refractivity contribution is 6.91. The number of hydrogen-bond acceptors (Lipinski definition) is 0. The van der Waals surface area contributed by atoms with Gasteiger partial charge in [-0.1, -0.05) is 103 Å². The molecule has 1 heteroatoms. The first-order valence-corrected chi connectivity index (χ1v) is 10.2. The standard InChI is InChI=1S/C24H18Si/c1-3-13-22(14-4-1)25(23-15-5-2-6-16-23)19-18-21-12-9-11-20-10-7-8-17-24(20)21/h1-17,25H. The first-order chi connectivity index (χ1) is 12.4. The van der Waals surface area contributed by atoms with Gasteiger partial charge in [0.15, 0.2) is 8.80 Å². The van der Waals surface area contributed by atoms with Crippen molar-refractivity contribution < 1.29 is 0 Å². The predicted octanol–water partition coefficient (Wildman–Crippen LogP) is 3.77. The minimum atomic E-state index is -1.56. The van der Waals surface area contributed by atoms with Crippen LogP contribution < -0.4 is 10.4 Å². The van der Waals surface area contributed by atoms with E-state index in [0.29, 0.717) is 0 Å². The van der Waals surface area contributed by atoms with Gasteiger partial charge in [-0.2, -0.15) is 0 Å². The lowest BCUT2D eigenvalue weighted by Crippen LogP contribution is -2.41. The molecule has 0 nitrogen and oxygen atoms in total. The third-order valence-corrected chi connectivity index (χ3v) is 6.94. The van der Waals surface area contributed by atoms with Gasteiger partial charge in [0.25, 0.3) is 0 Å². The molecule has 0 atom stereocenters. The molecule has 0 heterocycles. The maximum absolute atomic E-state index is 3.65. The van der Waals surface area contributed by atoms with Crippen molar-refractivity contribution in [2.75, 3.05) is 0 Å². The normalized spacial score (nSPS) is 10.4. The molecular weight excluding hydrogens is 316 g/mol. The molecule has 0 aliphatic rings. The lowest BCUT2D eigenvalue weighted by Gasteiger charge is -2.09. The van der Waals surface area contributed by atoms with Gasteiger partial charge in [0.2, 0.25) is 0 Å². The van der Waals surface area contributed by atoms with Gasteiger partial charge in [0.05, 0.1) is 0 Å². The molecule has 118 valence electrons. The lowest BCUT2D eigenvalue weighted by atomic mass is 10.1. The van der Waals surface area contributed by atoms with Gasteiger partial charge >= 0.3 is 0 Å². The van der Waals surface area contributed by atoms with Crippen molar-refractivity contribution in [3.05, 3.63) is 109 Å². The molecule has 0 saturated carbocycles.